The van der Waals surface area contributed by atoms with Gasteiger partial charge in [0.2, 0.25) is 0 Å². The minimum atomic E-state index is -0.427. The number of fused-ring (bicyclic) bond motifs is 9. The molecule has 16 rings (SSSR count). The Bertz CT molecular complexity index is 4840. The van der Waals surface area contributed by atoms with Crippen molar-refractivity contribution in [1.82, 2.24) is 9.13 Å². The van der Waals surface area contributed by atoms with Crippen molar-refractivity contribution in [2.75, 3.05) is 0 Å². The summed E-state index contributed by atoms with van der Waals surface area (Å²) in [5.41, 5.74) is 26.5. The van der Waals surface area contributed by atoms with Crippen LogP contribution in [0.5, 0.6) is 0 Å². The third-order valence-corrected chi connectivity index (χ3v) is 17.3. The van der Waals surface area contributed by atoms with Gasteiger partial charge in [0.15, 0.2) is 0 Å². The third-order valence-electron chi connectivity index (χ3n) is 17.3. The lowest BCUT2D eigenvalue weighted by atomic mass is 9.67. The maximum atomic E-state index is 2.43. The van der Waals surface area contributed by atoms with Gasteiger partial charge in [-0.05, 0) is 144 Å². The number of nitrogens with zero attached hydrogens (tertiary/aromatic N) is 2. The maximum Gasteiger partial charge on any atom is 0.0713 e. The van der Waals surface area contributed by atoms with Crippen LogP contribution in [-0.4, -0.2) is 9.13 Å². The summed E-state index contributed by atoms with van der Waals surface area (Å²) in [6.45, 7) is 0. The van der Waals surface area contributed by atoms with Crippen molar-refractivity contribution in [1.29, 1.82) is 0 Å². The lowest BCUT2D eigenvalue weighted by Gasteiger charge is -2.34. The first-order valence-electron chi connectivity index (χ1n) is 28.1. The molecule has 0 N–H and O–H groups in total. The van der Waals surface area contributed by atoms with E-state index < -0.39 is 5.41 Å². The smallest absolute Gasteiger partial charge is 0.0713 e. The molecule has 1 aliphatic carbocycles. The first kappa shape index (κ1) is 46.5. The Hall–Kier alpha value is -10.5. The van der Waals surface area contributed by atoms with Gasteiger partial charge in [0, 0.05) is 32.8 Å². The molecule has 2 heterocycles. The van der Waals surface area contributed by atoms with Crippen molar-refractivity contribution in [2.45, 2.75) is 5.41 Å². The molecule has 0 amide bonds. The van der Waals surface area contributed by atoms with Crippen molar-refractivity contribution in [3.8, 4) is 78.1 Å². The molecule has 0 radical (unpaired) electrons. The van der Waals surface area contributed by atoms with Gasteiger partial charge in [-0.3, -0.25) is 0 Å². The first-order chi connectivity index (χ1) is 40.2. The topological polar surface area (TPSA) is 9.86 Å². The summed E-state index contributed by atoms with van der Waals surface area (Å²) in [6, 6.07) is 116. The SMILES string of the molecule is c1ccc(-c2ccccc2-n2c3ccccc3c3cc(-c4ccc5c(c4)c4ccccc4n5-c4ccc(-c5ccc(-c6ccc(-c7cccc(C8(c9ccccc9)c9ccccc9-c9ccccc98)c7)cc6)cc5)cc4)ccc32)cc1. The Morgan fingerprint density at radius 3 is 1.17 bits per heavy atom. The molecule has 15 aromatic rings. The van der Waals surface area contributed by atoms with E-state index in [0.29, 0.717) is 0 Å². The number of aromatic nitrogens is 2. The predicted molar refractivity (Wildman–Crippen MR) is 340 cm³/mol. The van der Waals surface area contributed by atoms with E-state index >= 15 is 0 Å². The summed E-state index contributed by atoms with van der Waals surface area (Å²) in [4.78, 5) is 0. The fourth-order valence-electron chi connectivity index (χ4n) is 13.5. The van der Waals surface area contributed by atoms with E-state index in [1.54, 1.807) is 0 Å². The van der Waals surface area contributed by atoms with E-state index in [1.165, 1.54) is 138 Å². The molecule has 0 fully saturated rings. The average Bonchev–Trinajstić information content (AvgIpc) is 4.39. The van der Waals surface area contributed by atoms with Gasteiger partial charge in [0.25, 0.3) is 0 Å². The summed E-state index contributed by atoms with van der Waals surface area (Å²) in [7, 11) is 0. The molecule has 0 bridgehead atoms. The minimum Gasteiger partial charge on any atom is -0.309 e. The molecular weight excluding hydrogens is 977 g/mol. The monoisotopic (exact) mass is 1030 g/mol. The largest absolute Gasteiger partial charge is 0.309 e. The van der Waals surface area contributed by atoms with Gasteiger partial charge >= 0.3 is 0 Å². The summed E-state index contributed by atoms with van der Waals surface area (Å²) < 4.78 is 4.85. The van der Waals surface area contributed by atoms with E-state index in [-0.39, 0.29) is 0 Å². The van der Waals surface area contributed by atoms with Crippen LogP contribution in [0.25, 0.3) is 122 Å². The number of hydrogen-bond acceptors (Lipinski definition) is 0. The van der Waals surface area contributed by atoms with Crippen LogP contribution in [-0.2, 0) is 5.41 Å². The highest BCUT2D eigenvalue weighted by Crippen LogP contribution is 2.56. The summed E-state index contributed by atoms with van der Waals surface area (Å²) in [5, 5.41) is 4.96. The molecule has 81 heavy (non-hydrogen) atoms. The zero-order valence-corrected chi connectivity index (χ0v) is 44.4. The van der Waals surface area contributed by atoms with Crippen LogP contribution in [0.2, 0.25) is 0 Å². The minimum absolute atomic E-state index is 0.427. The zero-order valence-electron chi connectivity index (χ0n) is 44.4. The molecule has 378 valence electrons. The van der Waals surface area contributed by atoms with E-state index in [9.17, 15) is 0 Å². The average molecular weight is 1030 g/mol. The highest BCUT2D eigenvalue weighted by molar-refractivity contribution is 6.13. The Labute approximate surface area is 471 Å². The lowest BCUT2D eigenvalue weighted by molar-refractivity contribution is 0.769. The van der Waals surface area contributed by atoms with E-state index in [2.05, 4.69) is 325 Å². The zero-order chi connectivity index (χ0) is 53.4. The molecule has 0 atom stereocenters. The molecule has 0 saturated heterocycles. The van der Waals surface area contributed by atoms with Crippen molar-refractivity contribution < 1.29 is 0 Å². The van der Waals surface area contributed by atoms with E-state index in [0.717, 1.165) is 5.69 Å². The van der Waals surface area contributed by atoms with Gasteiger partial charge in [-0.1, -0.05) is 255 Å². The van der Waals surface area contributed by atoms with Crippen LogP contribution < -0.4 is 0 Å². The van der Waals surface area contributed by atoms with E-state index in [1.807, 2.05) is 0 Å². The fraction of sp³-hybridized carbons (Fsp3) is 0.0127. The van der Waals surface area contributed by atoms with Gasteiger partial charge in [-0.25, -0.2) is 0 Å². The molecule has 0 aliphatic heterocycles. The normalized spacial score (nSPS) is 12.5. The molecular formula is C79H52N2. The molecule has 13 aromatic carbocycles. The quantitative estimate of drug-likeness (QED) is 0.136. The van der Waals surface area contributed by atoms with Crippen LogP contribution in [0.1, 0.15) is 22.3 Å². The van der Waals surface area contributed by atoms with Gasteiger partial charge in [0.05, 0.1) is 33.2 Å². The van der Waals surface area contributed by atoms with Crippen molar-refractivity contribution in [3.63, 3.8) is 0 Å². The second kappa shape index (κ2) is 18.8. The van der Waals surface area contributed by atoms with Gasteiger partial charge < -0.3 is 9.13 Å². The second-order valence-electron chi connectivity index (χ2n) is 21.5. The van der Waals surface area contributed by atoms with Crippen LogP contribution >= 0.6 is 0 Å². The standard InChI is InChI=1S/C79H52N2/c1-3-18-58(19-4-1)65-24-9-14-31-74(65)81-76-33-16-11-28-69(76)71-52-61(45-49-78(71)81)60-44-48-77-70(51-60)68-27-10-15-32-75(68)80(77)64-46-42-56(43-47-64)55-36-34-53(35-37-55)54-38-40-57(41-39-54)59-20-17-23-63(50-59)79(62-21-5-2-6-22-62)72-29-12-7-25-66(72)67-26-8-13-30-73(67)79/h1-52H. The third kappa shape index (κ3) is 7.42. The molecule has 2 nitrogen and oxygen atoms in total. The molecule has 2 heteroatoms. The molecule has 2 aromatic heterocycles. The summed E-state index contributed by atoms with van der Waals surface area (Å²) >= 11 is 0. The Morgan fingerprint density at radius 1 is 0.210 bits per heavy atom. The van der Waals surface area contributed by atoms with Crippen LogP contribution in [0.4, 0.5) is 0 Å². The van der Waals surface area contributed by atoms with Gasteiger partial charge in [0.1, 0.15) is 0 Å². The van der Waals surface area contributed by atoms with E-state index in [4.69, 9.17) is 0 Å². The molecule has 0 spiro atoms. The number of hydrogen-bond donors (Lipinski definition) is 0. The van der Waals surface area contributed by atoms with Crippen molar-refractivity contribution in [3.05, 3.63) is 338 Å². The highest BCUT2D eigenvalue weighted by Gasteiger charge is 2.46. The fourth-order valence-corrected chi connectivity index (χ4v) is 13.5. The summed E-state index contributed by atoms with van der Waals surface area (Å²) in [6.07, 6.45) is 0. The predicted octanol–water partition coefficient (Wildman–Crippen LogP) is 20.6. The highest BCUT2D eigenvalue weighted by atomic mass is 15.0. The summed E-state index contributed by atoms with van der Waals surface area (Å²) in [5.74, 6) is 0. The number of benzene rings is 13. The second-order valence-corrected chi connectivity index (χ2v) is 21.5. The van der Waals surface area contributed by atoms with Gasteiger partial charge in [-0.15, -0.1) is 0 Å². The Morgan fingerprint density at radius 2 is 0.593 bits per heavy atom. The molecule has 1 aliphatic rings. The van der Waals surface area contributed by atoms with Crippen LogP contribution in [0.15, 0.2) is 315 Å². The van der Waals surface area contributed by atoms with Crippen molar-refractivity contribution in [2.24, 2.45) is 0 Å². The van der Waals surface area contributed by atoms with Crippen LogP contribution in [0.3, 0.4) is 0 Å². The molecule has 0 unspecified atom stereocenters. The van der Waals surface area contributed by atoms with Crippen LogP contribution in [0, 0.1) is 0 Å². The van der Waals surface area contributed by atoms with Gasteiger partial charge in [-0.2, -0.15) is 0 Å². The number of para-hydroxylation sites is 3. The van der Waals surface area contributed by atoms with Crippen molar-refractivity contribution >= 4 is 43.6 Å². The maximum absolute atomic E-state index is 2.43. The Kier molecular flexibility index (Phi) is 10.8. The number of rotatable bonds is 9. The Balaban J connectivity index is 0.682. The molecule has 0 saturated carbocycles. The first-order valence-corrected chi connectivity index (χ1v) is 28.1. The lowest BCUT2D eigenvalue weighted by Crippen LogP contribution is -2.28.